The van der Waals surface area contributed by atoms with Gasteiger partial charge in [-0.15, -0.1) is 0 Å². The van der Waals surface area contributed by atoms with Gasteiger partial charge in [0.15, 0.2) is 0 Å². The van der Waals surface area contributed by atoms with Crippen molar-refractivity contribution in [1.29, 1.82) is 5.26 Å². The summed E-state index contributed by atoms with van der Waals surface area (Å²) in [4.78, 5) is 25.0. The van der Waals surface area contributed by atoms with Gasteiger partial charge >= 0.3 is 11.9 Å². The van der Waals surface area contributed by atoms with Crippen LogP contribution in [0.4, 0.5) is 0 Å². The number of benzene rings is 1. The number of esters is 1. The van der Waals surface area contributed by atoms with E-state index < -0.39 is 29.3 Å². The molecular weight excluding hydrogens is 391 g/mol. The lowest BCUT2D eigenvalue weighted by molar-refractivity contribution is -0.151. The first-order valence-corrected chi connectivity index (χ1v) is 9.10. The topological polar surface area (TPSA) is 99.4 Å². The van der Waals surface area contributed by atoms with E-state index in [2.05, 4.69) is 5.32 Å². The summed E-state index contributed by atoms with van der Waals surface area (Å²) >= 11 is 12.5. The zero-order chi connectivity index (χ0) is 20.4. The molecular formula is C19H20Cl2N2O4. The van der Waals surface area contributed by atoms with Crippen LogP contribution >= 0.6 is 23.2 Å². The number of ether oxygens (including phenoxy) is 1. The normalized spacial score (nSPS) is 24.7. The van der Waals surface area contributed by atoms with E-state index in [1.165, 1.54) is 0 Å². The van der Waals surface area contributed by atoms with Gasteiger partial charge in [-0.1, -0.05) is 35.3 Å². The van der Waals surface area contributed by atoms with Crippen molar-refractivity contribution < 1.29 is 19.4 Å². The highest BCUT2D eigenvalue weighted by molar-refractivity contribution is 6.42. The number of nitriles is 1. The Balaban J connectivity index is 2.68. The summed E-state index contributed by atoms with van der Waals surface area (Å²) in [5.74, 6) is -2.65. The van der Waals surface area contributed by atoms with Crippen molar-refractivity contribution in [2.45, 2.75) is 39.2 Å². The number of hydrogen-bond acceptors (Lipinski definition) is 5. The van der Waals surface area contributed by atoms with E-state index in [4.69, 9.17) is 33.2 Å². The summed E-state index contributed by atoms with van der Waals surface area (Å²) in [6.07, 6.45) is 0.0423. The van der Waals surface area contributed by atoms with Crippen LogP contribution in [0.15, 0.2) is 29.5 Å². The van der Waals surface area contributed by atoms with E-state index in [9.17, 15) is 14.7 Å². The minimum Gasteiger partial charge on any atom is -0.481 e. The van der Waals surface area contributed by atoms with E-state index >= 15 is 0 Å². The Hall–Kier alpha value is -2.23. The summed E-state index contributed by atoms with van der Waals surface area (Å²) in [5.41, 5.74) is -0.282. The van der Waals surface area contributed by atoms with Crippen molar-refractivity contribution in [2.24, 2.45) is 5.41 Å². The van der Waals surface area contributed by atoms with Gasteiger partial charge in [0.1, 0.15) is 6.61 Å². The van der Waals surface area contributed by atoms with E-state index in [0.717, 1.165) is 0 Å². The number of carboxylic acid groups (broad SMARTS) is 1. The van der Waals surface area contributed by atoms with Gasteiger partial charge in [-0.05, 0) is 32.4 Å². The molecule has 1 aromatic carbocycles. The predicted octanol–water partition coefficient (Wildman–Crippen LogP) is 3.89. The second-order valence-corrected chi connectivity index (χ2v) is 7.40. The quantitative estimate of drug-likeness (QED) is 0.563. The molecule has 1 heterocycles. The standard InChI is InChI=1S/C19H20Cl2N2O4/c1-10-14(17(24)27-9-5-8-22)15(12-6-4-7-13(20)16(12)21)19(3,18(25)26)11(2)23-10/h4,6-7,11,15,23H,5,9H2,1-3H3,(H,25,26). The van der Waals surface area contributed by atoms with Crippen molar-refractivity contribution in [3.63, 3.8) is 0 Å². The van der Waals surface area contributed by atoms with Crippen molar-refractivity contribution in [3.8, 4) is 6.07 Å². The monoisotopic (exact) mass is 410 g/mol. The first kappa shape index (κ1) is 21.1. The molecule has 0 saturated heterocycles. The fourth-order valence-electron chi connectivity index (χ4n) is 3.39. The molecule has 1 aliphatic heterocycles. The summed E-state index contributed by atoms with van der Waals surface area (Å²) in [5, 5.41) is 22.2. The molecule has 0 aromatic heterocycles. The minimum absolute atomic E-state index is 0.0423. The Kier molecular flexibility index (Phi) is 6.40. The van der Waals surface area contributed by atoms with Gasteiger partial charge in [0.05, 0.1) is 33.5 Å². The van der Waals surface area contributed by atoms with Crippen LogP contribution in [0.3, 0.4) is 0 Å². The number of aliphatic carboxylic acids is 1. The van der Waals surface area contributed by atoms with Crippen molar-refractivity contribution in [1.82, 2.24) is 5.32 Å². The average Bonchev–Trinajstić information content (AvgIpc) is 2.60. The van der Waals surface area contributed by atoms with Gasteiger partial charge in [0, 0.05) is 17.7 Å². The molecule has 0 spiro atoms. The van der Waals surface area contributed by atoms with E-state index in [1.54, 1.807) is 39.0 Å². The molecule has 0 fully saturated rings. The molecule has 2 N–H and O–H groups in total. The molecule has 0 saturated carbocycles. The first-order chi connectivity index (χ1) is 12.7. The van der Waals surface area contributed by atoms with Gasteiger partial charge < -0.3 is 15.2 Å². The van der Waals surface area contributed by atoms with Crippen LogP contribution in [0, 0.1) is 16.7 Å². The highest BCUT2D eigenvalue weighted by Crippen LogP contribution is 2.50. The first-order valence-electron chi connectivity index (χ1n) is 8.34. The molecule has 6 nitrogen and oxygen atoms in total. The number of carbonyl (C=O) groups is 2. The van der Waals surface area contributed by atoms with Crippen molar-refractivity contribution in [2.75, 3.05) is 6.61 Å². The fourth-order valence-corrected chi connectivity index (χ4v) is 3.80. The summed E-state index contributed by atoms with van der Waals surface area (Å²) in [6.45, 7) is 4.90. The lowest BCUT2D eigenvalue weighted by Gasteiger charge is -2.45. The third kappa shape index (κ3) is 3.76. The van der Waals surface area contributed by atoms with Crippen molar-refractivity contribution >= 4 is 35.1 Å². The highest BCUT2D eigenvalue weighted by atomic mass is 35.5. The third-order valence-corrected chi connectivity index (χ3v) is 5.88. The minimum atomic E-state index is -1.39. The van der Waals surface area contributed by atoms with Crippen LogP contribution in [-0.2, 0) is 14.3 Å². The summed E-state index contributed by atoms with van der Waals surface area (Å²) in [6, 6.07) is 6.32. The molecule has 3 atom stereocenters. The number of hydrogen-bond donors (Lipinski definition) is 2. The lowest BCUT2D eigenvalue weighted by atomic mass is 9.63. The number of nitrogens with zero attached hydrogens (tertiary/aromatic N) is 1. The molecule has 0 amide bonds. The molecule has 1 aromatic rings. The second kappa shape index (κ2) is 8.20. The average molecular weight is 411 g/mol. The van der Waals surface area contributed by atoms with Crippen LogP contribution in [0.2, 0.25) is 10.0 Å². The predicted molar refractivity (Wildman–Crippen MR) is 101 cm³/mol. The van der Waals surface area contributed by atoms with Gasteiger partial charge in [0.25, 0.3) is 0 Å². The number of carbonyl (C=O) groups excluding carboxylic acids is 1. The Morgan fingerprint density at radius 3 is 2.67 bits per heavy atom. The molecule has 27 heavy (non-hydrogen) atoms. The van der Waals surface area contributed by atoms with E-state index in [0.29, 0.717) is 11.3 Å². The number of allylic oxidation sites excluding steroid dienone is 1. The molecule has 0 bridgehead atoms. The van der Waals surface area contributed by atoms with Gasteiger partial charge in [-0.2, -0.15) is 5.26 Å². The van der Waals surface area contributed by atoms with E-state index in [-0.39, 0.29) is 28.6 Å². The van der Waals surface area contributed by atoms with Gasteiger partial charge in [0.2, 0.25) is 0 Å². The SMILES string of the molecule is CC1=C(C(=O)OCCC#N)C(c2cccc(Cl)c2Cl)C(C)(C(=O)O)C(C)N1. The smallest absolute Gasteiger partial charge is 0.336 e. The molecule has 2 rings (SSSR count). The van der Waals surface area contributed by atoms with Gasteiger partial charge in [-0.3, -0.25) is 4.79 Å². The van der Waals surface area contributed by atoms with Crippen LogP contribution in [0.1, 0.15) is 38.7 Å². The van der Waals surface area contributed by atoms with E-state index in [1.807, 2.05) is 6.07 Å². The Morgan fingerprint density at radius 2 is 2.07 bits per heavy atom. The van der Waals surface area contributed by atoms with Crippen LogP contribution in [0.25, 0.3) is 0 Å². The molecule has 0 radical (unpaired) electrons. The Bertz CT molecular complexity index is 847. The lowest BCUT2D eigenvalue weighted by Crippen LogP contribution is -2.55. The third-order valence-electron chi connectivity index (χ3n) is 5.05. The summed E-state index contributed by atoms with van der Waals surface area (Å²) < 4.78 is 5.19. The second-order valence-electron chi connectivity index (χ2n) is 6.61. The summed E-state index contributed by atoms with van der Waals surface area (Å²) in [7, 11) is 0. The number of carboxylic acids is 1. The Morgan fingerprint density at radius 1 is 1.41 bits per heavy atom. The maximum Gasteiger partial charge on any atom is 0.336 e. The van der Waals surface area contributed by atoms with Crippen molar-refractivity contribution in [3.05, 3.63) is 45.1 Å². The molecule has 1 aliphatic rings. The zero-order valence-corrected chi connectivity index (χ0v) is 16.7. The molecule has 144 valence electrons. The largest absolute Gasteiger partial charge is 0.481 e. The molecule has 8 heteroatoms. The van der Waals surface area contributed by atoms with Crippen LogP contribution in [0.5, 0.6) is 0 Å². The number of rotatable bonds is 5. The maximum atomic E-state index is 12.8. The van der Waals surface area contributed by atoms with Crippen LogP contribution in [-0.4, -0.2) is 29.7 Å². The maximum absolute atomic E-state index is 12.8. The van der Waals surface area contributed by atoms with Crippen LogP contribution < -0.4 is 5.32 Å². The zero-order valence-electron chi connectivity index (χ0n) is 15.2. The Labute approximate surface area is 167 Å². The fraction of sp³-hybridized carbons (Fsp3) is 0.421. The molecule has 0 aliphatic carbocycles. The van der Waals surface area contributed by atoms with Gasteiger partial charge in [-0.25, -0.2) is 4.79 Å². The number of nitrogens with one attached hydrogen (secondary N) is 1. The highest BCUT2D eigenvalue weighted by Gasteiger charge is 2.54. The molecule has 3 unspecified atom stereocenters. The number of halogens is 2.